The summed E-state index contributed by atoms with van der Waals surface area (Å²) in [6.45, 7) is 6.53. The largest absolute Gasteiger partial charge is 0.496 e. The lowest BCUT2D eigenvalue weighted by Crippen LogP contribution is -2.43. The van der Waals surface area contributed by atoms with Gasteiger partial charge in [0.2, 0.25) is 0 Å². The molecule has 0 saturated heterocycles. The number of aryl methyl sites for hydroxylation is 1. The fraction of sp³-hybridized carbons (Fsp3) is 0.381. The summed E-state index contributed by atoms with van der Waals surface area (Å²) < 4.78 is 11.6. The van der Waals surface area contributed by atoms with Gasteiger partial charge < -0.3 is 19.9 Å². The van der Waals surface area contributed by atoms with Gasteiger partial charge in [-0.1, -0.05) is 45.0 Å². The number of nitrogens with one attached hydrogen (secondary N) is 1. The second kappa shape index (κ2) is 6.90. The molecule has 3 rings (SSSR count). The molecule has 0 bridgehead atoms. The van der Waals surface area contributed by atoms with Gasteiger partial charge in [-0.3, -0.25) is 0 Å². The number of hydrogen-bond donors (Lipinski definition) is 2. The van der Waals surface area contributed by atoms with Gasteiger partial charge in [-0.15, -0.1) is 0 Å². The lowest BCUT2D eigenvalue weighted by Gasteiger charge is -2.39. The van der Waals surface area contributed by atoms with E-state index in [2.05, 4.69) is 24.4 Å². The minimum Gasteiger partial charge on any atom is -0.496 e. The van der Waals surface area contributed by atoms with Crippen LogP contribution in [-0.2, 0) is 6.42 Å². The second-order valence-electron chi connectivity index (χ2n) is 7.30. The zero-order valence-electron chi connectivity index (χ0n) is 15.6. The maximum atomic E-state index is 11.3. The second-order valence-corrected chi connectivity index (χ2v) is 7.30. The van der Waals surface area contributed by atoms with Crippen molar-refractivity contribution in [2.24, 2.45) is 5.41 Å². The van der Waals surface area contributed by atoms with Crippen LogP contribution >= 0.6 is 0 Å². The molecule has 0 radical (unpaired) electrons. The number of hydrogen-bond acceptors (Lipinski definition) is 3. The predicted molar refractivity (Wildman–Crippen MR) is 101 cm³/mol. The van der Waals surface area contributed by atoms with Crippen LogP contribution in [0.3, 0.4) is 0 Å². The first kappa shape index (κ1) is 18.1. The van der Waals surface area contributed by atoms with Crippen molar-refractivity contribution in [2.45, 2.75) is 33.2 Å². The van der Waals surface area contributed by atoms with Gasteiger partial charge in [0.05, 0.1) is 19.8 Å². The number of amides is 1. The van der Waals surface area contributed by atoms with E-state index in [4.69, 9.17) is 9.47 Å². The van der Waals surface area contributed by atoms with Crippen molar-refractivity contribution in [3.63, 3.8) is 0 Å². The summed E-state index contributed by atoms with van der Waals surface area (Å²) in [5, 5.41) is 11.9. The molecule has 0 fully saturated rings. The van der Waals surface area contributed by atoms with Gasteiger partial charge in [0.15, 0.2) is 0 Å². The highest BCUT2D eigenvalue weighted by Crippen LogP contribution is 2.47. The van der Waals surface area contributed by atoms with Crippen LogP contribution in [0.1, 0.15) is 37.9 Å². The van der Waals surface area contributed by atoms with Crippen molar-refractivity contribution in [3.05, 3.63) is 47.5 Å². The Bertz CT molecular complexity index is 829. The molecule has 1 unspecified atom stereocenters. The zero-order valence-corrected chi connectivity index (χ0v) is 15.6. The Hall–Kier alpha value is -2.69. The molecule has 1 aliphatic rings. The fourth-order valence-corrected chi connectivity index (χ4v) is 3.44. The Morgan fingerprint density at radius 3 is 2.77 bits per heavy atom. The molecule has 1 amide bonds. The zero-order chi connectivity index (χ0) is 18.9. The van der Waals surface area contributed by atoms with Gasteiger partial charge in [0.25, 0.3) is 0 Å². The summed E-state index contributed by atoms with van der Waals surface area (Å²) >= 11 is 0. The Labute approximate surface area is 153 Å². The Kier molecular flexibility index (Phi) is 4.81. The van der Waals surface area contributed by atoms with E-state index in [-0.39, 0.29) is 11.5 Å². The number of rotatable bonds is 4. The van der Waals surface area contributed by atoms with E-state index >= 15 is 0 Å². The number of benzene rings is 2. The van der Waals surface area contributed by atoms with E-state index in [9.17, 15) is 9.90 Å². The van der Waals surface area contributed by atoms with E-state index in [1.807, 2.05) is 38.1 Å². The van der Waals surface area contributed by atoms with Gasteiger partial charge in [0, 0.05) is 16.5 Å². The summed E-state index contributed by atoms with van der Waals surface area (Å²) in [6.07, 6.45) is -0.0919. The smallest absolute Gasteiger partial charge is 0.405 e. The first-order valence-corrected chi connectivity index (χ1v) is 8.79. The molecule has 138 valence electrons. The van der Waals surface area contributed by atoms with Gasteiger partial charge >= 0.3 is 6.09 Å². The van der Waals surface area contributed by atoms with Crippen molar-refractivity contribution >= 4 is 6.09 Å². The average Bonchev–Trinajstić information content (AvgIpc) is 2.63. The van der Waals surface area contributed by atoms with Crippen LogP contribution in [0.15, 0.2) is 36.4 Å². The number of ether oxygens (including phenoxy) is 2. The lowest BCUT2D eigenvalue weighted by molar-refractivity contribution is 0.0993. The number of methoxy groups -OCH3 is 1. The molecule has 1 atom stereocenters. The number of carbonyl (C=O) groups is 1. The van der Waals surface area contributed by atoms with Crippen molar-refractivity contribution < 1.29 is 19.4 Å². The topological polar surface area (TPSA) is 67.8 Å². The van der Waals surface area contributed by atoms with Crippen LogP contribution in [0.25, 0.3) is 11.1 Å². The highest BCUT2D eigenvalue weighted by Gasteiger charge is 2.39. The van der Waals surface area contributed by atoms with Gasteiger partial charge in [-0.25, -0.2) is 4.79 Å². The van der Waals surface area contributed by atoms with Crippen LogP contribution in [0.2, 0.25) is 0 Å². The Morgan fingerprint density at radius 2 is 2.12 bits per heavy atom. The molecule has 0 aromatic heterocycles. The average molecular weight is 355 g/mol. The maximum Gasteiger partial charge on any atom is 0.405 e. The molecule has 1 heterocycles. The molecule has 5 heteroatoms. The van der Waals surface area contributed by atoms with Crippen molar-refractivity contribution in [1.29, 1.82) is 0 Å². The number of carboxylic acid groups (broad SMARTS) is 1. The Morgan fingerprint density at radius 1 is 1.35 bits per heavy atom. The van der Waals surface area contributed by atoms with Crippen LogP contribution in [0.5, 0.6) is 11.5 Å². The third-order valence-corrected chi connectivity index (χ3v) is 4.94. The first-order valence-electron chi connectivity index (χ1n) is 8.79. The molecule has 2 aromatic carbocycles. The molecule has 0 saturated carbocycles. The summed E-state index contributed by atoms with van der Waals surface area (Å²) in [5.74, 6) is 1.40. The quantitative estimate of drug-likeness (QED) is 0.837. The van der Waals surface area contributed by atoms with Crippen LogP contribution in [-0.4, -0.2) is 24.9 Å². The highest BCUT2D eigenvalue weighted by atomic mass is 16.5. The monoisotopic (exact) mass is 355 g/mol. The summed E-state index contributed by atoms with van der Waals surface area (Å²) in [5.41, 5.74) is 3.68. The minimum absolute atomic E-state index is 0.361. The summed E-state index contributed by atoms with van der Waals surface area (Å²) in [7, 11) is 1.63. The van der Waals surface area contributed by atoms with E-state index < -0.39 is 6.09 Å². The van der Waals surface area contributed by atoms with Gasteiger partial charge in [-0.2, -0.15) is 0 Å². The highest BCUT2D eigenvalue weighted by molar-refractivity contribution is 5.75. The maximum absolute atomic E-state index is 11.3. The van der Waals surface area contributed by atoms with E-state index in [1.165, 1.54) is 5.56 Å². The van der Waals surface area contributed by atoms with Gasteiger partial charge in [0.1, 0.15) is 11.5 Å². The standard InChI is InChI=1S/C21H25NO4/c1-5-13-7-6-8-14(9-13)15-10-18-16(11-17(15)25-4)19(22-20(23)24)21(2,3)12-26-18/h6-11,19,22H,5,12H2,1-4H3,(H,23,24). The van der Waals surface area contributed by atoms with Crippen LogP contribution < -0.4 is 14.8 Å². The number of fused-ring (bicyclic) bond motifs is 1. The van der Waals surface area contributed by atoms with Crippen molar-refractivity contribution in [1.82, 2.24) is 5.32 Å². The molecular weight excluding hydrogens is 330 g/mol. The third kappa shape index (κ3) is 3.34. The van der Waals surface area contributed by atoms with Crippen LogP contribution in [0.4, 0.5) is 4.79 Å². The summed E-state index contributed by atoms with van der Waals surface area (Å²) in [6, 6.07) is 11.8. The normalized spacial score (nSPS) is 17.8. The molecule has 5 nitrogen and oxygen atoms in total. The van der Waals surface area contributed by atoms with Crippen LogP contribution in [0, 0.1) is 5.41 Å². The van der Waals surface area contributed by atoms with E-state index in [1.54, 1.807) is 7.11 Å². The molecule has 0 spiro atoms. The molecule has 26 heavy (non-hydrogen) atoms. The third-order valence-electron chi connectivity index (χ3n) is 4.94. The molecular formula is C21H25NO4. The molecule has 1 aliphatic heterocycles. The predicted octanol–water partition coefficient (Wildman–Crippen LogP) is 4.65. The molecule has 2 aromatic rings. The van der Waals surface area contributed by atoms with E-state index in [0.717, 1.165) is 23.1 Å². The van der Waals surface area contributed by atoms with Crippen molar-refractivity contribution in [2.75, 3.05) is 13.7 Å². The SMILES string of the molecule is CCc1cccc(-c2cc3c(cc2OC)C(NC(=O)O)C(C)(C)CO3)c1. The summed E-state index contributed by atoms with van der Waals surface area (Å²) in [4.78, 5) is 11.3. The van der Waals surface area contributed by atoms with Gasteiger partial charge in [-0.05, 0) is 29.7 Å². The first-order chi connectivity index (χ1) is 12.4. The Balaban J connectivity index is 2.13. The van der Waals surface area contributed by atoms with Crippen molar-refractivity contribution in [3.8, 4) is 22.6 Å². The molecule has 0 aliphatic carbocycles. The fourth-order valence-electron chi connectivity index (χ4n) is 3.44. The molecule has 2 N–H and O–H groups in total. The minimum atomic E-state index is -1.05. The van der Waals surface area contributed by atoms with E-state index in [0.29, 0.717) is 18.1 Å². The lowest BCUT2D eigenvalue weighted by atomic mass is 9.78.